The van der Waals surface area contributed by atoms with Crippen LogP contribution in [0.3, 0.4) is 0 Å². The average Bonchev–Trinajstić information content (AvgIpc) is 2.86. The van der Waals surface area contributed by atoms with Crippen LogP contribution >= 0.6 is 0 Å². The molecule has 0 aliphatic carbocycles. The van der Waals surface area contributed by atoms with Crippen LogP contribution in [0.1, 0.15) is 11.1 Å². The maximum atomic E-state index is 9.30. The van der Waals surface area contributed by atoms with E-state index >= 15 is 0 Å². The lowest BCUT2D eigenvalue weighted by atomic mass is 10.2. The number of anilines is 1. The largest absolute Gasteiger partial charge is 0.370 e. The van der Waals surface area contributed by atoms with E-state index < -0.39 is 0 Å². The molecule has 3 rings (SSSR count). The van der Waals surface area contributed by atoms with Gasteiger partial charge in [0, 0.05) is 29.8 Å². The van der Waals surface area contributed by atoms with E-state index in [4.69, 9.17) is 0 Å². The predicted molar refractivity (Wildman–Crippen MR) is 79.4 cm³/mol. The Balaban J connectivity index is 1.76. The Morgan fingerprint density at radius 1 is 1.15 bits per heavy atom. The van der Waals surface area contributed by atoms with Gasteiger partial charge in [0.05, 0.1) is 0 Å². The lowest BCUT2D eigenvalue weighted by Gasteiger charge is -2.04. The number of aromatic nitrogens is 2. The standard InChI is InChI=1S/C16H14N4/c17-11-14-13-3-1-2-4-15(13)20-16(14)19-10-7-12-5-8-18-9-6-12/h1-6,8-9,19-20H,7,10H2. The van der Waals surface area contributed by atoms with Crippen molar-refractivity contribution in [2.45, 2.75) is 6.42 Å². The highest BCUT2D eigenvalue weighted by Gasteiger charge is 2.09. The molecule has 4 nitrogen and oxygen atoms in total. The van der Waals surface area contributed by atoms with Crippen LogP contribution in [0.5, 0.6) is 0 Å². The van der Waals surface area contributed by atoms with Gasteiger partial charge < -0.3 is 10.3 Å². The fourth-order valence-corrected chi connectivity index (χ4v) is 2.27. The van der Waals surface area contributed by atoms with Gasteiger partial charge in [0.1, 0.15) is 17.5 Å². The zero-order valence-electron chi connectivity index (χ0n) is 10.9. The summed E-state index contributed by atoms with van der Waals surface area (Å²) < 4.78 is 0. The number of nitrogens with one attached hydrogen (secondary N) is 2. The van der Waals surface area contributed by atoms with Gasteiger partial charge in [-0.05, 0) is 30.2 Å². The van der Waals surface area contributed by atoms with Crippen LogP contribution in [-0.4, -0.2) is 16.5 Å². The van der Waals surface area contributed by atoms with Crippen molar-refractivity contribution in [1.29, 1.82) is 5.26 Å². The molecule has 0 radical (unpaired) electrons. The van der Waals surface area contributed by atoms with E-state index in [9.17, 15) is 5.26 Å². The first kappa shape index (κ1) is 12.2. The molecule has 0 saturated carbocycles. The Kier molecular flexibility index (Phi) is 3.34. The molecule has 0 spiro atoms. The van der Waals surface area contributed by atoms with Crippen molar-refractivity contribution in [3.8, 4) is 6.07 Å². The van der Waals surface area contributed by atoms with Gasteiger partial charge in [0.2, 0.25) is 0 Å². The van der Waals surface area contributed by atoms with Crippen molar-refractivity contribution >= 4 is 16.7 Å². The van der Waals surface area contributed by atoms with Gasteiger partial charge in [0.25, 0.3) is 0 Å². The highest BCUT2D eigenvalue weighted by atomic mass is 15.0. The van der Waals surface area contributed by atoms with Gasteiger partial charge in [0.15, 0.2) is 0 Å². The maximum absolute atomic E-state index is 9.30. The number of fused-ring (bicyclic) bond motifs is 1. The second-order valence-corrected chi connectivity index (χ2v) is 4.56. The molecule has 0 bridgehead atoms. The van der Waals surface area contributed by atoms with Crippen LogP contribution < -0.4 is 5.32 Å². The van der Waals surface area contributed by atoms with Crippen LogP contribution in [0.4, 0.5) is 5.82 Å². The molecule has 20 heavy (non-hydrogen) atoms. The molecule has 0 aliphatic rings. The third kappa shape index (κ3) is 2.34. The first-order chi connectivity index (χ1) is 9.88. The predicted octanol–water partition coefficient (Wildman–Crippen LogP) is 3.09. The topological polar surface area (TPSA) is 64.5 Å². The van der Waals surface area contributed by atoms with Crippen LogP contribution in [-0.2, 0) is 6.42 Å². The van der Waals surface area contributed by atoms with Crippen LogP contribution in [0.25, 0.3) is 10.9 Å². The molecule has 4 heteroatoms. The highest BCUT2D eigenvalue weighted by molar-refractivity contribution is 5.91. The molecule has 2 N–H and O–H groups in total. The number of para-hydroxylation sites is 1. The molecule has 0 unspecified atom stereocenters. The number of hydrogen-bond donors (Lipinski definition) is 2. The lowest BCUT2D eigenvalue weighted by Crippen LogP contribution is -2.06. The van der Waals surface area contributed by atoms with Gasteiger partial charge in [-0.3, -0.25) is 4.98 Å². The highest BCUT2D eigenvalue weighted by Crippen LogP contribution is 2.25. The zero-order valence-corrected chi connectivity index (χ0v) is 10.9. The molecular weight excluding hydrogens is 248 g/mol. The summed E-state index contributed by atoms with van der Waals surface area (Å²) in [7, 11) is 0. The fourth-order valence-electron chi connectivity index (χ4n) is 2.27. The molecule has 3 aromatic rings. The van der Waals surface area contributed by atoms with Crippen molar-refractivity contribution in [2.75, 3.05) is 11.9 Å². The second-order valence-electron chi connectivity index (χ2n) is 4.56. The van der Waals surface area contributed by atoms with Crippen molar-refractivity contribution in [2.24, 2.45) is 0 Å². The summed E-state index contributed by atoms with van der Waals surface area (Å²) in [5.74, 6) is 0.794. The Hall–Kier alpha value is -2.80. The van der Waals surface area contributed by atoms with Crippen LogP contribution in [0.2, 0.25) is 0 Å². The summed E-state index contributed by atoms with van der Waals surface area (Å²) in [4.78, 5) is 7.25. The van der Waals surface area contributed by atoms with E-state index in [1.807, 2.05) is 36.4 Å². The summed E-state index contributed by atoms with van der Waals surface area (Å²) >= 11 is 0. The quantitative estimate of drug-likeness (QED) is 0.759. The smallest absolute Gasteiger partial charge is 0.122 e. The minimum absolute atomic E-state index is 0.676. The van der Waals surface area contributed by atoms with E-state index in [1.54, 1.807) is 12.4 Å². The first-order valence-electron chi connectivity index (χ1n) is 6.52. The van der Waals surface area contributed by atoms with Crippen LogP contribution in [0, 0.1) is 11.3 Å². The van der Waals surface area contributed by atoms with Gasteiger partial charge in [-0.25, -0.2) is 0 Å². The number of pyridine rings is 1. The molecule has 0 amide bonds. The van der Waals surface area contributed by atoms with Crippen molar-refractivity contribution in [1.82, 2.24) is 9.97 Å². The Labute approximate surface area is 117 Å². The normalized spacial score (nSPS) is 10.3. The van der Waals surface area contributed by atoms with Crippen LogP contribution in [0.15, 0.2) is 48.8 Å². The fraction of sp³-hybridized carbons (Fsp3) is 0.125. The molecule has 0 atom stereocenters. The summed E-state index contributed by atoms with van der Waals surface area (Å²) in [5.41, 5.74) is 2.88. The van der Waals surface area contributed by atoms with Gasteiger partial charge in [-0.15, -0.1) is 0 Å². The zero-order chi connectivity index (χ0) is 13.8. The molecule has 0 saturated heterocycles. The molecule has 2 aromatic heterocycles. The summed E-state index contributed by atoms with van der Waals surface area (Å²) in [5, 5.41) is 13.6. The Morgan fingerprint density at radius 3 is 2.75 bits per heavy atom. The average molecular weight is 262 g/mol. The Bertz CT molecular complexity index is 753. The number of rotatable bonds is 4. The summed E-state index contributed by atoms with van der Waals surface area (Å²) in [6.07, 6.45) is 4.47. The molecule has 98 valence electrons. The van der Waals surface area contributed by atoms with Crippen molar-refractivity contribution in [3.63, 3.8) is 0 Å². The van der Waals surface area contributed by atoms with Crippen molar-refractivity contribution < 1.29 is 0 Å². The number of nitriles is 1. The second kappa shape index (κ2) is 5.45. The molecule has 2 heterocycles. The van der Waals surface area contributed by atoms with E-state index in [0.717, 1.165) is 29.7 Å². The van der Waals surface area contributed by atoms with Gasteiger partial charge >= 0.3 is 0 Å². The third-order valence-electron chi connectivity index (χ3n) is 3.28. The summed E-state index contributed by atoms with van der Waals surface area (Å²) in [6.45, 7) is 0.769. The Morgan fingerprint density at radius 2 is 1.95 bits per heavy atom. The molecule has 0 aliphatic heterocycles. The van der Waals surface area contributed by atoms with E-state index in [2.05, 4.69) is 21.4 Å². The SMILES string of the molecule is N#Cc1c(NCCc2ccncc2)[nH]c2ccccc12. The number of H-pyrrole nitrogens is 1. The van der Waals surface area contributed by atoms with E-state index in [0.29, 0.717) is 5.56 Å². The molecule has 0 fully saturated rings. The minimum atomic E-state index is 0.676. The molecule has 1 aromatic carbocycles. The number of nitrogens with zero attached hydrogens (tertiary/aromatic N) is 2. The first-order valence-corrected chi connectivity index (χ1v) is 6.52. The van der Waals surface area contributed by atoms with Crippen molar-refractivity contribution in [3.05, 3.63) is 59.9 Å². The third-order valence-corrected chi connectivity index (χ3v) is 3.28. The maximum Gasteiger partial charge on any atom is 0.122 e. The van der Waals surface area contributed by atoms with E-state index in [1.165, 1.54) is 5.56 Å². The lowest BCUT2D eigenvalue weighted by molar-refractivity contribution is 1.00. The van der Waals surface area contributed by atoms with E-state index in [-0.39, 0.29) is 0 Å². The van der Waals surface area contributed by atoms with Gasteiger partial charge in [-0.2, -0.15) is 5.26 Å². The number of hydrogen-bond acceptors (Lipinski definition) is 3. The molecular formula is C16H14N4. The number of benzene rings is 1. The number of aromatic amines is 1. The minimum Gasteiger partial charge on any atom is -0.370 e. The van der Waals surface area contributed by atoms with Gasteiger partial charge in [-0.1, -0.05) is 18.2 Å². The summed E-state index contributed by atoms with van der Waals surface area (Å²) in [6, 6.07) is 14.1. The monoisotopic (exact) mass is 262 g/mol.